The van der Waals surface area contributed by atoms with Crippen LogP contribution in [-0.2, 0) is 17.8 Å². The third-order valence-corrected chi connectivity index (χ3v) is 2.50. The molecule has 0 aliphatic rings. The lowest BCUT2D eigenvalue weighted by atomic mass is 10.1. The number of ether oxygens (including phenoxy) is 1. The molecule has 0 fully saturated rings. The summed E-state index contributed by atoms with van der Waals surface area (Å²) in [4.78, 5) is 0. The minimum absolute atomic E-state index is 0.128. The maximum absolute atomic E-state index is 5.59. The molecule has 0 unspecified atom stereocenters. The molecule has 0 spiro atoms. The molecular formula is C14H27N3O. The standard InChI is InChI=1S/C14H27N3O/c1-12(2)11-18-9-8-17-13(6-7-16-17)10-15-14(3,4)5/h6-7,12,15H,8-11H2,1-5H3. The second kappa shape index (κ2) is 6.90. The Bertz CT molecular complexity index is 339. The molecule has 0 aliphatic carbocycles. The van der Waals surface area contributed by atoms with Crippen molar-refractivity contribution in [2.75, 3.05) is 13.2 Å². The van der Waals surface area contributed by atoms with Crippen LogP contribution in [0.4, 0.5) is 0 Å². The number of hydrogen-bond acceptors (Lipinski definition) is 3. The highest BCUT2D eigenvalue weighted by molar-refractivity contribution is 5.00. The van der Waals surface area contributed by atoms with Crippen LogP contribution in [0.5, 0.6) is 0 Å². The molecule has 0 aliphatic heterocycles. The fourth-order valence-electron chi connectivity index (χ4n) is 1.54. The minimum Gasteiger partial charge on any atom is -0.379 e. The zero-order valence-corrected chi connectivity index (χ0v) is 12.4. The van der Waals surface area contributed by atoms with Crippen molar-refractivity contribution in [1.82, 2.24) is 15.1 Å². The largest absolute Gasteiger partial charge is 0.379 e. The van der Waals surface area contributed by atoms with Gasteiger partial charge in [-0.15, -0.1) is 0 Å². The van der Waals surface area contributed by atoms with Gasteiger partial charge in [0.25, 0.3) is 0 Å². The van der Waals surface area contributed by atoms with Gasteiger partial charge in [0.1, 0.15) is 0 Å². The average Bonchev–Trinajstić information content (AvgIpc) is 2.68. The van der Waals surface area contributed by atoms with Crippen LogP contribution in [0.3, 0.4) is 0 Å². The van der Waals surface area contributed by atoms with Crippen molar-refractivity contribution in [1.29, 1.82) is 0 Å². The third kappa shape index (κ3) is 6.17. The van der Waals surface area contributed by atoms with E-state index in [0.29, 0.717) is 5.92 Å². The SMILES string of the molecule is CC(C)COCCn1nccc1CNC(C)(C)C. The lowest BCUT2D eigenvalue weighted by Crippen LogP contribution is -2.35. The number of hydrogen-bond donors (Lipinski definition) is 1. The zero-order valence-electron chi connectivity index (χ0n) is 12.4. The number of aromatic nitrogens is 2. The quantitative estimate of drug-likeness (QED) is 0.759. The molecule has 1 aromatic heterocycles. The van der Waals surface area contributed by atoms with Gasteiger partial charge in [-0.3, -0.25) is 4.68 Å². The van der Waals surface area contributed by atoms with Crippen LogP contribution in [0.2, 0.25) is 0 Å². The fourth-order valence-corrected chi connectivity index (χ4v) is 1.54. The zero-order chi connectivity index (χ0) is 13.6. The maximum Gasteiger partial charge on any atom is 0.0662 e. The summed E-state index contributed by atoms with van der Waals surface area (Å²) in [6.45, 7) is 14.0. The Morgan fingerprint density at radius 3 is 2.72 bits per heavy atom. The normalized spacial score (nSPS) is 12.3. The number of rotatable bonds is 7. The summed E-state index contributed by atoms with van der Waals surface area (Å²) in [5, 5.41) is 7.80. The summed E-state index contributed by atoms with van der Waals surface area (Å²) < 4.78 is 7.60. The maximum atomic E-state index is 5.59. The summed E-state index contributed by atoms with van der Waals surface area (Å²) in [5.41, 5.74) is 1.33. The van der Waals surface area contributed by atoms with E-state index in [1.165, 1.54) is 5.69 Å². The van der Waals surface area contributed by atoms with Crippen LogP contribution in [0.25, 0.3) is 0 Å². The van der Waals surface area contributed by atoms with Crippen LogP contribution >= 0.6 is 0 Å². The van der Waals surface area contributed by atoms with Crippen LogP contribution in [0, 0.1) is 5.92 Å². The Morgan fingerprint density at radius 2 is 2.11 bits per heavy atom. The van der Waals surface area contributed by atoms with Crippen molar-refractivity contribution in [2.24, 2.45) is 5.92 Å². The van der Waals surface area contributed by atoms with Gasteiger partial charge in [0.05, 0.1) is 18.8 Å². The first-order valence-corrected chi connectivity index (χ1v) is 6.72. The van der Waals surface area contributed by atoms with E-state index in [0.717, 1.165) is 26.3 Å². The van der Waals surface area contributed by atoms with Gasteiger partial charge in [0.15, 0.2) is 0 Å². The molecule has 1 heterocycles. The van der Waals surface area contributed by atoms with Gasteiger partial charge >= 0.3 is 0 Å². The molecule has 0 radical (unpaired) electrons. The predicted molar refractivity (Wildman–Crippen MR) is 74.5 cm³/mol. The molecule has 0 aromatic carbocycles. The Labute approximate surface area is 111 Å². The Balaban J connectivity index is 2.35. The van der Waals surface area contributed by atoms with E-state index in [1.807, 2.05) is 10.9 Å². The lowest BCUT2D eigenvalue weighted by molar-refractivity contribution is 0.100. The molecule has 0 bridgehead atoms. The minimum atomic E-state index is 0.128. The van der Waals surface area contributed by atoms with Crippen molar-refractivity contribution in [3.8, 4) is 0 Å². The molecule has 1 rings (SSSR count). The molecule has 0 saturated carbocycles. The first kappa shape index (κ1) is 15.2. The van der Waals surface area contributed by atoms with E-state index in [1.54, 1.807) is 0 Å². The van der Waals surface area contributed by atoms with E-state index in [4.69, 9.17) is 4.74 Å². The number of nitrogens with one attached hydrogen (secondary N) is 1. The van der Waals surface area contributed by atoms with Gasteiger partial charge in [0, 0.05) is 24.9 Å². The molecule has 1 N–H and O–H groups in total. The van der Waals surface area contributed by atoms with Crippen LogP contribution in [0.15, 0.2) is 12.3 Å². The van der Waals surface area contributed by atoms with E-state index in [-0.39, 0.29) is 5.54 Å². The van der Waals surface area contributed by atoms with E-state index >= 15 is 0 Å². The number of nitrogens with zero attached hydrogens (tertiary/aromatic N) is 2. The van der Waals surface area contributed by atoms with Crippen molar-refractivity contribution in [3.63, 3.8) is 0 Å². The summed E-state index contributed by atoms with van der Waals surface area (Å²) >= 11 is 0. The molecular weight excluding hydrogens is 226 g/mol. The Kier molecular flexibility index (Phi) is 5.82. The summed E-state index contributed by atoms with van der Waals surface area (Å²) in [6, 6.07) is 2.06. The highest BCUT2D eigenvalue weighted by Gasteiger charge is 2.10. The first-order chi connectivity index (χ1) is 8.38. The molecule has 0 amide bonds. The molecule has 0 atom stereocenters. The van der Waals surface area contributed by atoms with Crippen molar-refractivity contribution in [3.05, 3.63) is 18.0 Å². The van der Waals surface area contributed by atoms with Crippen molar-refractivity contribution >= 4 is 0 Å². The highest BCUT2D eigenvalue weighted by Crippen LogP contribution is 2.04. The summed E-state index contributed by atoms with van der Waals surface area (Å²) in [5.74, 6) is 0.588. The topological polar surface area (TPSA) is 39.1 Å². The average molecular weight is 253 g/mol. The van der Waals surface area contributed by atoms with E-state index in [2.05, 4.69) is 51.1 Å². The van der Waals surface area contributed by atoms with Gasteiger partial charge in [-0.2, -0.15) is 5.10 Å². The summed E-state index contributed by atoms with van der Waals surface area (Å²) in [7, 11) is 0. The van der Waals surface area contributed by atoms with Crippen LogP contribution < -0.4 is 5.32 Å². The fraction of sp³-hybridized carbons (Fsp3) is 0.786. The molecule has 1 aromatic rings. The summed E-state index contributed by atoms with van der Waals surface area (Å²) in [6.07, 6.45) is 1.85. The molecule has 104 valence electrons. The second-order valence-electron chi connectivity index (χ2n) is 6.12. The molecule has 4 heteroatoms. The van der Waals surface area contributed by atoms with Crippen molar-refractivity contribution in [2.45, 2.75) is 53.2 Å². The highest BCUT2D eigenvalue weighted by atomic mass is 16.5. The molecule has 0 saturated heterocycles. The monoisotopic (exact) mass is 253 g/mol. The Morgan fingerprint density at radius 1 is 1.39 bits per heavy atom. The van der Waals surface area contributed by atoms with Crippen molar-refractivity contribution < 1.29 is 4.74 Å². The lowest BCUT2D eigenvalue weighted by Gasteiger charge is -2.20. The predicted octanol–water partition coefficient (Wildman–Crippen LogP) is 2.44. The van der Waals surface area contributed by atoms with Gasteiger partial charge < -0.3 is 10.1 Å². The first-order valence-electron chi connectivity index (χ1n) is 6.72. The molecule has 4 nitrogen and oxygen atoms in total. The van der Waals surface area contributed by atoms with Gasteiger partial charge in [-0.05, 0) is 32.8 Å². The van der Waals surface area contributed by atoms with E-state index in [9.17, 15) is 0 Å². The smallest absolute Gasteiger partial charge is 0.0662 e. The molecule has 18 heavy (non-hydrogen) atoms. The van der Waals surface area contributed by atoms with E-state index < -0.39 is 0 Å². The van der Waals surface area contributed by atoms with Gasteiger partial charge in [0.2, 0.25) is 0 Å². The van der Waals surface area contributed by atoms with Crippen LogP contribution in [0.1, 0.15) is 40.3 Å². The van der Waals surface area contributed by atoms with Gasteiger partial charge in [-0.25, -0.2) is 0 Å². The Hall–Kier alpha value is -0.870. The van der Waals surface area contributed by atoms with Gasteiger partial charge in [-0.1, -0.05) is 13.8 Å². The van der Waals surface area contributed by atoms with Crippen LogP contribution in [-0.4, -0.2) is 28.5 Å². The third-order valence-electron chi connectivity index (χ3n) is 2.50. The second-order valence-corrected chi connectivity index (χ2v) is 6.12.